The maximum absolute atomic E-state index is 12.6. The Morgan fingerprint density at radius 3 is 3.08 bits per heavy atom. The van der Waals surface area contributed by atoms with Gasteiger partial charge in [0.2, 0.25) is 5.91 Å². The van der Waals surface area contributed by atoms with Gasteiger partial charge in [-0.3, -0.25) is 9.69 Å². The lowest BCUT2D eigenvalue weighted by Gasteiger charge is -2.22. The van der Waals surface area contributed by atoms with Gasteiger partial charge in [-0.05, 0) is 26.2 Å². The Balaban J connectivity index is 1.39. The van der Waals surface area contributed by atoms with Crippen molar-refractivity contribution in [1.29, 1.82) is 0 Å². The molecular weight excluding hydrogens is 322 g/mol. The molecule has 1 amide bonds. The molecule has 0 unspecified atom stereocenters. The number of nitrogens with zero attached hydrogens (tertiary/aromatic N) is 3. The summed E-state index contributed by atoms with van der Waals surface area (Å²) >= 11 is 1.71. The molecule has 0 spiro atoms. The van der Waals surface area contributed by atoms with E-state index in [1.807, 2.05) is 11.8 Å². The second-order valence-corrected chi connectivity index (χ2v) is 8.16. The number of hydrogen-bond acceptors (Lipinski definition) is 5. The Morgan fingerprint density at radius 2 is 2.33 bits per heavy atom. The number of likely N-dealkylation sites (tertiary alicyclic amines) is 1. The van der Waals surface area contributed by atoms with Crippen molar-refractivity contribution < 1.29 is 9.53 Å². The minimum absolute atomic E-state index is 0.193. The average molecular weight is 347 g/mol. The molecule has 0 saturated carbocycles. The van der Waals surface area contributed by atoms with Crippen LogP contribution in [0.5, 0.6) is 0 Å². The molecule has 2 atom stereocenters. The first kappa shape index (κ1) is 16.2. The largest absolute Gasteiger partial charge is 0.375 e. The molecule has 0 N–H and O–H groups in total. The zero-order valence-electron chi connectivity index (χ0n) is 14.2. The van der Waals surface area contributed by atoms with Gasteiger partial charge in [0, 0.05) is 49.6 Å². The highest BCUT2D eigenvalue weighted by atomic mass is 32.1. The monoisotopic (exact) mass is 347 g/mol. The molecule has 130 valence electrons. The van der Waals surface area contributed by atoms with E-state index in [0.717, 1.165) is 74.9 Å². The predicted octanol–water partition coefficient (Wildman–Crippen LogP) is 2.22. The van der Waals surface area contributed by atoms with Crippen LogP contribution in [0.1, 0.15) is 30.0 Å². The van der Waals surface area contributed by atoms with Crippen molar-refractivity contribution in [2.45, 2.75) is 38.8 Å². The van der Waals surface area contributed by atoms with Gasteiger partial charge in [0.05, 0.1) is 23.4 Å². The fourth-order valence-corrected chi connectivity index (χ4v) is 4.65. The molecule has 1 aliphatic carbocycles. The number of carbonyl (C=O) groups excluding carboxylic acids is 1. The molecule has 0 aromatic carbocycles. The lowest BCUT2D eigenvalue weighted by atomic mass is 10.1. The van der Waals surface area contributed by atoms with E-state index in [-0.39, 0.29) is 12.0 Å². The molecule has 0 radical (unpaired) electrons. The third kappa shape index (κ3) is 3.41. The average Bonchev–Trinajstić information content (AvgIpc) is 3.28. The smallest absolute Gasteiger partial charge is 0.249 e. The number of allylic oxidation sites excluding steroid dienone is 1. The van der Waals surface area contributed by atoms with Gasteiger partial charge in [0.1, 0.15) is 0 Å². The second-order valence-electron chi connectivity index (χ2n) is 7.09. The van der Waals surface area contributed by atoms with Crippen molar-refractivity contribution in [2.75, 3.05) is 32.8 Å². The second kappa shape index (κ2) is 6.94. The van der Waals surface area contributed by atoms with Crippen LogP contribution in [0.3, 0.4) is 0 Å². The summed E-state index contributed by atoms with van der Waals surface area (Å²) in [5.41, 5.74) is 2.17. The van der Waals surface area contributed by atoms with Crippen LogP contribution in [-0.4, -0.2) is 59.6 Å². The Hall–Kier alpha value is -1.24. The first-order chi connectivity index (χ1) is 11.7. The van der Waals surface area contributed by atoms with E-state index in [0.29, 0.717) is 5.92 Å². The van der Waals surface area contributed by atoms with Crippen molar-refractivity contribution in [1.82, 2.24) is 14.8 Å². The maximum atomic E-state index is 12.6. The van der Waals surface area contributed by atoms with Crippen LogP contribution in [0.4, 0.5) is 0 Å². The Bertz CT molecular complexity index is 642. The summed E-state index contributed by atoms with van der Waals surface area (Å²) in [5.74, 6) is 0.657. The Labute approximate surface area is 147 Å². The number of carbonyl (C=O) groups is 1. The van der Waals surface area contributed by atoms with Crippen LogP contribution < -0.4 is 0 Å². The highest BCUT2D eigenvalue weighted by molar-refractivity contribution is 7.09. The molecule has 1 aromatic heterocycles. The van der Waals surface area contributed by atoms with Gasteiger partial charge in [0.25, 0.3) is 0 Å². The summed E-state index contributed by atoms with van der Waals surface area (Å²) in [5, 5.41) is 3.27. The van der Waals surface area contributed by atoms with Crippen molar-refractivity contribution in [3.63, 3.8) is 0 Å². The highest BCUT2D eigenvalue weighted by Gasteiger charge is 2.39. The van der Waals surface area contributed by atoms with E-state index >= 15 is 0 Å². The summed E-state index contributed by atoms with van der Waals surface area (Å²) in [7, 11) is 0. The number of rotatable bonds is 3. The molecule has 1 aromatic rings. The number of thiazole rings is 1. The number of amides is 1. The zero-order chi connectivity index (χ0) is 16.5. The van der Waals surface area contributed by atoms with E-state index in [4.69, 9.17) is 4.74 Å². The molecule has 2 saturated heterocycles. The van der Waals surface area contributed by atoms with E-state index < -0.39 is 0 Å². The van der Waals surface area contributed by atoms with Crippen LogP contribution in [-0.2, 0) is 16.1 Å². The van der Waals surface area contributed by atoms with Crippen LogP contribution in [0.25, 0.3) is 0 Å². The van der Waals surface area contributed by atoms with Gasteiger partial charge in [-0.15, -0.1) is 11.3 Å². The van der Waals surface area contributed by atoms with Crippen molar-refractivity contribution in [3.8, 4) is 0 Å². The van der Waals surface area contributed by atoms with Crippen molar-refractivity contribution >= 4 is 17.2 Å². The van der Waals surface area contributed by atoms with Crippen LogP contribution in [0.15, 0.2) is 17.0 Å². The van der Waals surface area contributed by atoms with Gasteiger partial charge in [-0.2, -0.15) is 0 Å². The fraction of sp³-hybridized carbons (Fsp3) is 0.667. The third-order valence-electron chi connectivity index (χ3n) is 5.27. The zero-order valence-corrected chi connectivity index (χ0v) is 15.1. The van der Waals surface area contributed by atoms with Crippen LogP contribution >= 0.6 is 11.3 Å². The molecular formula is C18H25N3O2S. The van der Waals surface area contributed by atoms with Gasteiger partial charge in [-0.25, -0.2) is 4.98 Å². The normalized spacial score (nSPS) is 27.9. The quantitative estimate of drug-likeness (QED) is 0.841. The lowest BCUT2D eigenvalue weighted by Crippen LogP contribution is -2.34. The van der Waals surface area contributed by atoms with E-state index in [2.05, 4.69) is 21.3 Å². The minimum Gasteiger partial charge on any atom is -0.375 e. The fourth-order valence-electron chi connectivity index (χ4n) is 4.05. The molecule has 2 aliphatic heterocycles. The number of aromatic nitrogens is 1. The Morgan fingerprint density at radius 1 is 1.42 bits per heavy atom. The standard InChI is InChI=1S/C18H25N3O2S/c1-13-19-16(12-24-13)10-20-6-7-23-17-11-21(9-15(17)8-20)18(22)14-4-2-3-5-14/h4,12,15,17H,2-3,5-11H2,1H3/t15-,17+/m1/s1. The van der Waals surface area contributed by atoms with Crippen LogP contribution in [0.2, 0.25) is 0 Å². The van der Waals surface area contributed by atoms with Gasteiger partial charge < -0.3 is 9.64 Å². The SMILES string of the molecule is Cc1nc(CN2CCO[C@H]3CN(C(=O)C4=CCCC4)C[C@H]3C2)cs1. The highest BCUT2D eigenvalue weighted by Crippen LogP contribution is 2.28. The Kier molecular flexibility index (Phi) is 4.70. The molecule has 3 heterocycles. The summed E-state index contributed by atoms with van der Waals surface area (Å²) in [6, 6.07) is 0. The number of fused-ring (bicyclic) bond motifs is 1. The molecule has 5 nitrogen and oxygen atoms in total. The summed E-state index contributed by atoms with van der Waals surface area (Å²) < 4.78 is 6.07. The topological polar surface area (TPSA) is 45.7 Å². The number of hydrogen-bond donors (Lipinski definition) is 0. The number of ether oxygens (including phenoxy) is 1. The predicted molar refractivity (Wildman–Crippen MR) is 93.9 cm³/mol. The van der Waals surface area contributed by atoms with Crippen molar-refractivity contribution in [2.24, 2.45) is 5.92 Å². The summed E-state index contributed by atoms with van der Waals surface area (Å²) in [6.07, 6.45) is 5.44. The van der Waals surface area contributed by atoms with Gasteiger partial charge in [0.15, 0.2) is 0 Å². The van der Waals surface area contributed by atoms with Crippen molar-refractivity contribution in [3.05, 3.63) is 27.7 Å². The lowest BCUT2D eigenvalue weighted by molar-refractivity contribution is -0.126. The van der Waals surface area contributed by atoms with E-state index in [9.17, 15) is 4.79 Å². The van der Waals surface area contributed by atoms with Gasteiger partial charge >= 0.3 is 0 Å². The molecule has 4 rings (SSSR count). The summed E-state index contributed by atoms with van der Waals surface area (Å²) in [6.45, 7) is 7.20. The third-order valence-corrected chi connectivity index (χ3v) is 6.09. The van der Waals surface area contributed by atoms with Gasteiger partial charge in [-0.1, -0.05) is 6.08 Å². The van der Waals surface area contributed by atoms with E-state index in [1.165, 1.54) is 0 Å². The molecule has 2 fully saturated rings. The first-order valence-electron chi connectivity index (χ1n) is 8.92. The van der Waals surface area contributed by atoms with Crippen LogP contribution in [0, 0.1) is 12.8 Å². The molecule has 6 heteroatoms. The number of aryl methyl sites for hydroxylation is 1. The maximum Gasteiger partial charge on any atom is 0.249 e. The first-order valence-corrected chi connectivity index (χ1v) is 9.80. The van der Waals surface area contributed by atoms with E-state index in [1.54, 1.807) is 11.3 Å². The molecule has 0 bridgehead atoms. The minimum atomic E-state index is 0.193. The molecule has 24 heavy (non-hydrogen) atoms. The summed E-state index contributed by atoms with van der Waals surface area (Å²) in [4.78, 5) is 21.7. The molecule has 3 aliphatic rings.